The van der Waals surface area contributed by atoms with Gasteiger partial charge in [0.1, 0.15) is 0 Å². The predicted molar refractivity (Wildman–Crippen MR) is 76.5 cm³/mol. The fourth-order valence-electron chi connectivity index (χ4n) is 3.29. The highest BCUT2D eigenvalue weighted by Crippen LogP contribution is 2.48. The number of carbonyl (C=O) groups excluding carboxylic acids is 1. The minimum Gasteiger partial charge on any atom is -0.481 e. The molecular formula is C15H26N2O3. The molecule has 2 rings (SSSR count). The first kappa shape index (κ1) is 15.1. The lowest BCUT2D eigenvalue weighted by Crippen LogP contribution is -2.51. The van der Waals surface area contributed by atoms with Crippen molar-refractivity contribution < 1.29 is 14.7 Å². The van der Waals surface area contributed by atoms with Crippen LogP contribution in [0.25, 0.3) is 0 Å². The third kappa shape index (κ3) is 3.44. The van der Waals surface area contributed by atoms with Crippen LogP contribution in [0.4, 0.5) is 4.79 Å². The summed E-state index contributed by atoms with van der Waals surface area (Å²) in [6.07, 6.45) is 5.91. The van der Waals surface area contributed by atoms with E-state index in [0.717, 1.165) is 13.0 Å². The molecule has 2 atom stereocenters. The number of hydrogen-bond acceptors (Lipinski definition) is 2. The Labute approximate surface area is 120 Å². The Morgan fingerprint density at radius 2 is 2.10 bits per heavy atom. The minimum atomic E-state index is -0.739. The summed E-state index contributed by atoms with van der Waals surface area (Å²) in [6, 6.07) is -0.0186. The Morgan fingerprint density at radius 1 is 1.40 bits per heavy atom. The fourth-order valence-corrected chi connectivity index (χ4v) is 3.29. The van der Waals surface area contributed by atoms with E-state index in [2.05, 4.69) is 12.2 Å². The molecule has 0 spiro atoms. The third-order valence-electron chi connectivity index (χ3n) is 4.84. The zero-order chi connectivity index (χ0) is 14.8. The van der Waals surface area contributed by atoms with Gasteiger partial charge in [-0.05, 0) is 44.4 Å². The van der Waals surface area contributed by atoms with E-state index in [-0.39, 0.29) is 18.0 Å². The molecule has 1 saturated carbocycles. The van der Waals surface area contributed by atoms with E-state index >= 15 is 0 Å². The molecule has 1 aliphatic heterocycles. The second-order valence-electron chi connectivity index (χ2n) is 6.51. The van der Waals surface area contributed by atoms with E-state index in [1.165, 1.54) is 19.3 Å². The van der Waals surface area contributed by atoms with Gasteiger partial charge in [-0.2, -0.15) is 0 Å². The van der Waals surface area contributed by atoms with Crippen LogP contribution in [0, 0.1) is 11.3 Å². The second kappa shape index (κ2) is 6.02. The molecule has 114 valence electrons. The van der Waals surface area contributed by atoms with E-state index in [4.69, 9.17) is 5.11 Å². The van der Waals surface area contributed by atoms with E-state index in [1.807, 2.05) is 6.92 Å². The number of likely N-dealkylation sites (tertiary alicyclic amines) is 1. The van der Waals surface area contributed by atoms with Gasteiger partial charge in [-0.25, -0.2) is 4.79 Å². The van der Waals surface area contributed by atoms with Crippen molar-refractivity contribution in [3.63, 3.8) is 0 Å². The number of nitrogens with zero attached hydrogens (tertiary/aromatic N) is 1. The maximum Gasteiger partial charge on any atom is 0.317 e. The predicted octanol–water partition coefficient (Wildman–Crippen LogP) is 2.46. The number of carbonyl (C=O) groups is 2. The number of hydrogen-bond donors (Lipinski definition) is 2. The second-order valence-corrected chi connectivity index (χ2v) is 6.51. The zero-order valence-electron chi connectivity index (χ0n) is 12.5. The number of amides is 2. The van der Waals surface area contributed by atoms with Crippen LogP contribution >= 0.6 is 0 Å². The third-order valence-corrected chi connectivity index (χ3v) is 4.84. The lowest BCUT2D eigenvalue weighted by atomic mass is 9.92. The van der Waals surface area contributed by atoms with Crippen LogP contribution < -0.4 is 5.32 Å². The smallest absolute Gasteiger partial charge is 0.317 e. The highest BCUT2D eigenvalue weighted by molar-refractivity contribution is 5.76. The van der Waals surface area contributed by atoms with Crippen LogP contribution in [0.2, 0.25) is 0 Å². The standard InChI is InChI=1S/C15H26N2O3/c1-3-5-15(6-7-15)10-16-14(20)17-8-4-12(13(18)19)9-11(17)2/h11-12H,3-10H2,1-2H3,(H,16,20)(H,18,19). The Kier molecular flexibility index (Phi) is 4.55. The van der Waals surface area contributed by atoms with Gasteiger partial charge >= 0.3 is 12.0 Å². The number of urea groups is 1. The summed E-state index contributed by atoms with van der Waals surface area (Å²) < 4.78 is 0. The van der Waals surface area contributed by atoms with Crippen LogP contribution in [-0.4, -0.2) is 41.1 Å². The molecule has 2 aliphatic rings. The van der Waals surface area contributed by atoms with Crippen molar-refractivity contribution in [3.8, 4) is 0 Å². The molecule has 2 unspecified atom stereocenters. The molecule has 5 nitrogen and oxygen atoms in total. The van der Waals surface area contributed by atoms with E-state index in [0.29, 0.717) is 24.8 Å². The molecule has 2 fully saturated rings. The van der Waals surface area contributed by atoms with Crippen molar-refractivity contribution in [2.75, 3.05) is 13.1 Å². The van der Waals surface area contributed by atoms with Crippen LogP contribution in [0.15, 0.2) is 0 Å². The monoisotopic (exact) mass is 282 g/mol. The molecule has 1 aliphatic carbocycles. The molecule has 1 saturated heterocycles. The largest absolute Gasteiger partial charge is 0.481 e. The molecule has 0 aromatic carbocycles. The Balaban J connectivity index is 1.80. The average Bonchev–Trinajstić information content (AvgIpc) is 3.16. The molecule has 0 radical (unpaired) electrons. The fraction of sp³-hybridized carbons (Fsp3) is 0.867. The summed E-state index contributed by atoms with van der Waals surface area (Å²) in [7, 11) is 0. The Morgan fingerprint density at radius 3 is 2.60 bits per heavy atom. The van der Waals surface area contributed by atoms with Gasteiger partial charge in [0.05, 0.1) is 5.92 Å². The van der Waals surface area contributed by atoms with Crippen molar-refractivity contribution in [1.82, 2.24) is 10.2 Å². The van der Waals surface area contributed by atoms with E-state index in [1.54, 1.807) is 4.90 Å². The van der Waals surface area contributed by atoms with Gasteiger partial charge in [-0.15, -0.1) is 0 Å². The summed E-state index contributed by atoms with van der Waals surface area (Å²) in [5.74, 6) is -1.04. The molecule has 0 bridgehead atoms. The lowest BCUT2D eigenvalue weighted by Gasteiger charge is -2.36. The van der Waals surface area contributed by atoms with Crippen LogP contribution in [0.3, 0.4) is 0 Å². The highest BCUT2D eigenvalue weighted by atomic mass is 16.4. The molecule has 1 heterocycles. The maximum absolute atomic E-state index is 12.2. The van der Waals surface area contributed by atoms with Crippen molar-refractivity contribution in [2.24, 2.45) is 11.3 Å². The summed E-state index contributed by atoms with van der Waals surface area (Å²) in [6.45, 7) is 5.43. The number of piperidine rings is 1. The van der Waals surface area contributed by atoms with Crippen LogP contribution in [0.5, 0.6) is 0 Å². The first-order valence-corrected chi connectivity index (χ1v) is 7.75. The number of rotatable bonds is 5. The van der Waals surface area contributed by atoms with Gasteiger partial charge in [0.2, 0.25) is 0 Å². The van der Waals surface area contributed by atoms with Crippen molar-refractivity contribution in [1.29, 1.82) is 0 Å². The molecule has 0 aromatic heterocycles. The topological polar surface area (TPSA) is 69.6 Å². The van der Waals surface area contributed by atoms with Gasteiger partial charge in [-0.1, -0.05) is 13.3 Å². The number of carboxylic acid groups (broad SMARTS) is 1. The quantitative estimate of drug-likeness (QED) is 0.813. The Bertz CT molecular complexity index is 379. The maximum atomic E-state index is 12.2. The molecule has 2 amide bonds. The molecule has 5 heteroatoms. The molecule has 20 heavy (non-hydrogen) atoms. The van der Waals surface area contributed by atoms with Gasteiger partial charge in [0.25, 0.3) is 0 Å². The molecule has 0 aromatic rings. The SMILES string of the molecule is CCCC1(CNC(=O)N2CCC(C(=O)O)CC2C)CC1. The normalized spacial score (nSPS) is 28.0. The van der Waals surface area contributed by atoms with Crippen LogP contribution in [-0.2, 0) is 4.79 Å². The molecule has 2 N–H and O–H groups in total. The van der Waals surface area contributed by atoms with Gasteiger partial charge in [0.15, 0.2) is 0 Å². The molecular weight excluding hydrogens is 256 g/mol. The zero-order valence-corrected chi connectivity index (χ0v) is 12.5. The highest BCUT2D eigenvalue weighted by Gasteiger charge is 2.42. The van der Waals surface area contributed by atoms with Crippen molar-refractivity contribution >= 4 is 12.0 Å². The Hall–Kier alpha value is -1.26. The summed E-state index contributed by atoms with van der Waals surface area (Å²) in [4.78, 5) is 25.0. The van der Waals surface area contributed by atoms with E-state index < -0.39 is 5.97 Å². The van der Waals surface area contributed by atoms with Gasteiger partial charge in [0, 0.05) is 19.1 Å². The van der Waals surface area contributed by atoms with Crippen molar-refractivity contribution in [3.05, 3.63) is 0 Å². The lowest BCUT2D eigenvalue weighted by molar-refractivity contribution is -0.143. The van der Waals surface area contributed by atoms with Crippen LogP contribution in [0.1, 0.15) is 52.4 Å². The number of aliphatic carboxylic acids is 1. The summed E-state index contributed by atoms with van der Waals surface area (Å²) in [5.41, 5.74) is 0.354. The average molecular weight is 282 g/mol. The van der Waals surface area contributed by atoms with Gasteiger partial charge < -0.3 is 15.3 Å². The minimum absolute atomic E-state index is 0.00572. The first-order valence-electron chi connectivity index (χ1n) is 7.75. The van der Waals surface area contributed by atoms with E-state index in [9.17, 15) is 9.59 Å². The summed E-state index contributed by atoms with van der Waals surface area (Å²) in [5, 5.41) is 12.1. The number of carboxylic acids is 1. The van der Waals surface area contributed by atoms with Gasteiger partial charge in [-0.3, -0.25) is 4.79 Å². The van der Waals surface area contributed by atoms with Crippen molar-refractivity contribution in [2.45, 2.75) is 58.4 Å². The summed E-state index contributed by atoms with van der Waals surface area (Å²) >= 11 is 0. The number of nitrogens with one attached hydrogen (secondary N) is 1. The first-order chi connectivity index (χ1) is 9.47.